The highest BCUT2D eigenvalue weighted by molar-refractivity contribution is 14.1. The molecule has 0 bridgehead atoms. The van der Waals surface area contributed by atoms with Crippen molar-refractivity contribution >= 4 is 38.5 Å². The van der Waals surface area contributed by atoms with Crippen LogP contribution < -0.4 is 4.72 Å². The van der Waals surface area contributed by atoms with E-state index in [1.54, 1.807) is 4.90 Å². The molecule has 7 heteroatoms. The summed E-state index contributed by atoms with van der Waals surface area (Å²) in [4.78, 5) is 14.4. The van der Waals surface area contributed by atoms with Crippen molar-refractivity contribution in [3.8, 4) is 0 Å². The first-order chi connectivity index (χ1) is 9.87. The third kappa shape index (κ3) is 4.93. The zero-order valence-electron chi connectivity index (χ0n) is 11.9. The Kier molecular flexibility index (Phi) is 5.61. The van der Waals surface area contributed by atoms with E-state index in [9.17, 15) is 13.2 Å². The Morgan fingerprint density at radius 3 is 2.62 bits per heavy atom. The SMILES string of the molecule is CS(=O)(=O)NC[C@@H]1CCCCN1C(=O)c1ccc(I)cc1. The van der Waals surface area contributed by atoms with Crippen molar-refractivity contribution in [1.29, 1.82) is 0 Å². The predicted molar refractivity (Wildman–Crippen MR) is 90.7 cm³/mol. The number of benzene rings is 1. The minimum atomic E-state index is -3.23. The second-order valence-electron chi connectivity index (χ2n) is 5.28. The summed E-state index contributed by atoms with van der Waals surface area (Å²) in [6.07, 6.45) is 3.96. The van der Waals surface area contributed by atoms with Crippen LogP contribution in [0.5, 0.6) is 0 Å². The van der Waals surface area contributed by atoms with E-state index in [1.165, 1.54) is 0 Å². The summed E-state index contributed by atoms with van der Waals surface area (Å²) in [6, 6.07) is 7.38. The Hall–Kier alpha value is -0.670. The largest absolute Gasteiger partial charge is 0.334 e. The smallest absolute Gasteiger partial charge is 0.254 e. The van der Waals surface area contributed by atoms with Crippen LogP contribution in [0.1, 0.15) is 29.6 Å². The average molecular weight is 422 g/mol. The summed E-state index contributed by atoms with van der Waals surface area (Å²) in [5.74, 6) is -0.0219. The quantitative estimate of drug-likeness (QED) is 0.754. The normalized spacial score (nSPS) is 19.5. The van der Waals surface area contributed by atoms with Crippen LogP contribution in [0.25, 0.3) is 0 Å². The van der Waals surface area contributed by atoms with Gasteiger partial charge in [-0.15, -0.1) is 0 Å². The third-order valence-corrected chi connectivity index (χ3v) is 4.97. The highest BCUT2D eigenvalue weighted by Gasteiger charge is 2.27. The van der Waals surface area contributed by atoms with Crippen LogP contribution in [0.4, 0.5) is 0 Å². The average Bonchev–Trinajstić information content (AvgIpc) is 2.45. The van der Waals surface area contributed by atoms with Crippen molar-refractivity contribution in [1.82, 2.24) is 9.62 Å². The van der Waals surface area contributed by atoms with Gasteiger partial charge in [-0.25, -0.2) is 13.1 Å². The molecule has 21 heavy (non-hydrogen) atoms. The number of hydrogen-bond acceptors (Lipinski definition) is 3. The number of halogens is 1. The maximum atomic E-state index is 12.6. The van der Waals surface area contributed by atoms with E-state index in [0.29, 0.717) is 12.1 Å². The van der Waals surface area contributed by atoms with Crippen molar-refractivity contribution in [3.63, 3.8) is 0 Å². The minimum absolute atomic E-state index is 0.0219. The number of sulfonamides is 1. The van der Waals surface area contributed by atoms with Gasteiger partial charge < -0.3 is 4.90 Å². The molecule has 1 saturated heterocycles. The molecule has 2 rings (SSSR count). The highest BCUT2D eigenvalue weighted by atomic mass is 127. The van der Waals surface area contributed by atoms with E-state index in [2.05, 4.69) is 27.3 Å². The molecule has 1 atom stereocenters. The van der Waals surface area contributed by atoms with E-state index < -0.39 is 10.0 Å². The molecule has 1 heterocycles. The van der Waals surface area contributed by atoms with Gasteiger partial charge in [0.05, 0.1) is 6.26 Å². The molecule has 0 aliphatic carbocycles. The van der Waals surface area contributed by atoms with Crippen molar-refractivity contribution < 1.29 is 13.2 Å². The van der Waals surface area contributed by atoms with Gasteiger partial charge >= 0.3 is 0 Å². The van der Waals surface area contributed by atoms with Crippen LogP contribution in [-0.2, 0) is 10.0 Å². The number of likely N-dealkylation sites (tertiary alicyclic amines) is 1. The summed E-state index contributed by atoms with van der Waals surface area (Å²) in [5, 5.41) is 0. The number of piperidine rings is 1. The van der Waals surface area contributed by atoms with Crippen LogP contribution in [0.2, 0.25) is 0 Å². The van der Waals surface area contributed by atoms with Gasteiger partial charge in [0, 0.05) is 28.3 Å². The van der Waals surface area contributed by atoms with Gasteiger partial charge in [0.15, 0.2) is 0 Å². The molecule has 0 unspecified atom stereocenters. The number of nitrogens with zero attached hydrogens (tertiary/aromatic N) is 1. The first-order valence-corrected chi connectivity index (χ1v) is 9.85. The van der Waals surface area contributed by atoms with E-state index in [0.717, 1.165) is 29.1 Å². The number of amides is 1. The fourth-order valence-corrected chi connectivity index (χ4v) is 3.34. The lowest BCUT2D eigenvalue weighted by Gasteiger charge is -2.35. The monoisotopic (exact) mass is 422 g/mol. The third-order valence-electron chi connectivity index (χ3n) is 3.56. The lowest BCUT2D eigenvalue weighted by Crippen LogP contribution is -2.49. The number of carbonyl (C=O) groups is 1. The Balaban J connectivity index is 2.10. The maximum absolute atomic E-state index is 12.6. The standard InChI is InChI=1S/C14H19IN2O3S/c1-21(19,20)16-10-13-4-2-3-9-17(13)14(18)11-5-7-12(15)8-6-11/h5-8,13,16H,2-4,9-10H2,1H3/t13-/m0/s1. The van der Waals surface area contributed by atoms with Gasteiger partial charge in [0.1, 0.15) is 0 Å². The molecule has 0 aromatic heterocycles. The predicted octanol–water partition coefficient (Wildman–Crippen LogP) is 1.84. The molecule has 1 N–H and O–H groups in total. The Morgan fingerprint density at radius 1 is 1.33 bits per heavy atom. The Morgan fingerprint density at radius 2 is 2.00 bits per heavy atom. The molecule has 1 aliphatic rings. The van der Waals surface area contributed by atoms with E-state index in [4.69, 9.17) is 0 Å². The van der Waals surface area contributed by atoms with Crippen LogP contribution in [0.15, 0.2) is 24.3 Å². The molecule has 0 radical (unpaired) electrons. The molecule has 1 aliphatic heterocycles. The van der Waals surface area contributed by atoms with Gasteiger partial charge in [-0.3, -0.25) is 4.79 Å². The summed E-state index contributed by atoms with van der Waals surface area (Å²) < 4.78 is 26.1. The fourth-order valence-electron chi connectivity index (χ4n) is 2.49. The summed E-state index contributed by atoms with van der Waals surface area (Å²) in [7, 11) is -3.23. The summed E-state index contributed by atoms with van der Waals surface area (Å²) in [6.45, 7) is 0.968. The minimum Gasteiger partial charge on any atom is -0.334 e. The van der Waals surface area contributed by atoms with Crippen molar-refractivity contribution in [2.45, 2.75) is 25.3 Å². The molecule has 1 fully saturated rings. The van der Waals surface area contributed by atoms with E-state index in [-0.39, 0.29) is 18.5 Å². The molecule has 1 aromatic carbocycles. The zero-order chi connectivity index (χ0) is 15.5. The first-order valence-electron chi connectivity index (χ1n) is 6.88. The topological polar surface area (TPSA) is 66.5 Å². The Labute approximate surface area is 139 Å². The number of nitrogens with one attached hydrogen (secondary N) is 1. The van der Waals surface area contributed by atoms with E-state index in [1.807, 2.05) is 24.3 Å². The maximum Gasteiger partial charge on any atom is 0.254 e. The molecule has 5 nitrogen and oxygen atoms in total. The second kappa shape index (κ2) is 7.06. The second-order valence-corrected chi connectivity index (χ2v) is 8.35. The van der Waals surface area contributed by atoms with Crippen LogP contribution >= 0.6 is 22.6 Å². The van der Waals surface area contributed by atoms with Gasteiger partial charge in [-0.05, 0) is 66.1 Å². The summed E-state index contributed by atoms with van der Waals surface area (Å²) in [5.41, 5.74) is 0.654. The lowest BCUT2D eigenvalue weighted by atomic mass is 10.0. The number of hydrogen-bond donors (Lipinski definition) is 1. The van der Waals surface area contributed by atoms with Crippen molar-refractivity contribution in [3.05, 3.63) is 33.4 Å². The fraction of sp³-hybridized carbons (Fsp3) is 0.500. The first kappa shape index (κ1) is 16.7. The molecular weight excluding hydrogens is 403 g/mol. The van der Waals surface area contributed by atoms with Crippen LogP contribution in [0.3, 0.4) is 0 Å². The number of rotatable bonds is 4. The highest BCUT2D eigenvalue weighted by Crippen LogP contribution is 2.20. The van der Waals surface area contributed by atoms with E-state index >= 15 is 0 Å². The van der Waals surface area contributed by atoms with Crippen molar-refractivity contribution in [2.24, 2.45) is 0 Å². The zero-order valence-corrected chi connectivity index (χ0v) is 14.9. The van der Waals surface area contributed by atoms with Crippen molar-refractivity contribution in [2.75, 3.05) is 19.3 Å². The number of carbonyl (C=O) groups excluding carboxylic acids is 1. The van der Waals surface area contributed by atoms with Gasteiger partial charge in [0.2, 0.25) is 10.0 Å². The molecule has 1 amide bonds. The molecular formula is C14H19IN2O3S. The van der Waals surface area contributed by atoms with Gasteiger partial charge in [0.25, 0.3) is 5.91 Å². The lowest BCUT2D eigenvalue weighted by molar-refractivity contribution is 0.0619. The van der Waals surface area contributed by atoms with Gasteiger partial charge in [-0.1, -0.05) is 0 Å². The Bertz CT molecular complexity index is 601. The molecule has 116 valence electrons. The van der Waals surface area contributed by atoms with Crippen LogP contribution in [-0.4, -0.2) is 44.6 Å². The van der Waals surface area contributed by atoms with Crippen LogP contribution in [0, 0.1) is 3.57 Å². The summed E-state index contributed by atoms with van der Waals surface area (Å²) >= 11 is 2.20. The molecule has 0 spiro atoms. The molecule has 1 aromatic rings. The van der Waals surface area contributed by atoms with Gasteiger partial charge in [-0.2, -0.15) is 0 Å². The molecule has 0 saturated carbocycles.